The summed E-state index contributed by atoms with van der Waals surface area (Å²) in [7, 11) is 2.81. The van der Waals surface area contributed by atoms with Gasteiger partial charge >= 0.3 is 5.97 Å². The van der Waals surface area contributed by atoms with Gasteiger partial charge in [-0.05, 0) is 18.2 Å². The molecule has 0 fully saturated rings. The summed E-state index contributed by atoms with van der Waals surface area (Å²) >= 11 is 0. The maximum absolute atomic E-state index is 11.3. The predicted molar refractivity (Wildman–Crippen MR) is 68.2 cm³/mol. The van der Waals surface area contributed by atoms with Crippen molar-refractivity contribution >= 4 is 5.97 Å². The fraction of sp³-hybridized carbons (Fsp3) is 0.231. The molecule has 0 spiro atoms. The average molecular weight is 272 g/mol. The molecule has 0 radical (unpaired) electrons. The zero-order valence-corrected chi connectivity index (χ0v) is 11.0. The molecule has 0 aliphatic rings. The Morgan fingerprint density at radius 2 is 2.25 bits per heavy atom. The Labute approximate surface area is 115 Å². The molecule has 0 bridgehead atoms. The molecule has 0 unspecified atom stereocenters. The van der Waals surface area contributed by atoms with E-state index in [2.05, 4.69) is 20.9 Å². The third-order valence-electron chi connectivity index (χ3n) is 2.65. The van der Waals surface area contributed by atoms with E-state index in [1.54, 1.807) is 25.3 Å². The second kappa shape index (κ2) is 5.84. The lowest BCUT2D eigenvalue weighted by Gasteiger charge is -2.08. The fourth-order valence-corrected chi connectivity index (χ4v) is 1.70. The van der Waals surface area contributed by atoms with Crippen molar-refractivity contribution < 1.29 is 14.3 Å². The number of carbonyl (C=O) groups excluding carboxylic acids is 1. The Kier molecular flexibility index (Phi) is 3.96. The lowest BCUT2D eigenvalue weighted by atomic mass is 10.1. The van der Waals surface area contributed by atoms with Gasteiger partial charge in [0.15, 0.2) is 0 Å². The van der Waals surface area contributed by atoms with Crippen LogP contribution in [0.1, 0.15) is 21.7 Å². The summed E-state index contributed by atoms with van der Waals surface area (Å²) in [5.74, 6) is 0.0310. The van der Waals surface area contributed by atoms with Gasteiger partial charge in [0.25, 0.3) is 5.82 Å². The number of nitriles is 1. The summed E-state index contributed by atoms with van der Waals surface area (Å²) in [6.07, 6.45) is 1.42. The van der Waals surface area contributed by atoms with Gasteiger partial charge in [-0.1, -0.05) is 0 Å². The first kappa shape index (κ1) is 13.5. The summed E-state index contributed by atoms with van der Waals surface area (Å²) in [6.45, 7) is 0.336. The van der Waals surface area contributed by atoms with E-state index in [1.807, 2.05) is 0 Å². The van der Waals surface area contributed by atoms with Crippen LogP contribution in [0.15, 0.2) is 24.5 Å². The van der Waals surface area contributed by atoms with E-state index in [0.717, 1.165) is 5.56 Å². The van der Waals surface area contributed by atoms with Crippen molar-refractivity contribution in [3.63, 3.8) is 0 Å². The average Bonchev–Trinajstić information content (AvgIpc) is 2.94. The summed E-state index contributed by atoms with van der Waals surface area (Å²) in [5.41, 5.74) is 1.29. The van der Waals surface area contributed by atoms with Crippen molar-refractivity contribution in [2.45, 2.75) is 6.54 Å². The molecule has 2 rings (SSSR count). The number of hydrogen-bond donors (Lipinski definition) is 0. The molecule has 7 nitrogen and oxygen atoms in total. The number of hydrogen-bond acceptors (Lipinski definition) is 6. The lowest BCUT2D eigenvalue weighted by Crippen LogP contribution is -2.07. The zero-order valence-electron chi connectivity index (χ0n) is 11.0. The van der Waals surface area contributed by atoms with Gasteiger partial charge in [-0.2, -0.15) is 5.26 Å². The molecule has 0 aliphatic heterocycles. The Hall–Kier alpha value is -2.88. The first-order valence-electron chi connectivity index (χ1n) is 5.72. The molecule has 0 aliphatic carbocycles. The molecule has 1 aromatic heterocycles. The molecule has 0 atom stereocenters. The van der Waals surface area contributed by atoms with Gasteiger partial charge in [0.1, 0.15) is 12.1 Å². The van der Waals surface area contributed by atoms with Gasteiger partial charge in [0, 0.05) is 5.56 Å². The van der Waals surface area contributed by atoms with Crippen LogP contribution < -0.4 is 4.74 Å². The highest BCUT2D eigenvalue weighted by Crippen LogP contribution is 2.20. The van der Waals surface area contributed by atoms with Crippen LogP contribution in [-0.2, 0) is 11.3 Å². The Morgan fingerprint density at radius 3 is 2.90 bits per heavy atom. The second-order valence-electron chi connectivity index (χ2n) is 3.90. The summed E-state index contributed by atoms with van der Waals surface area (Å²) < 4.78 is 11.2. The standard InChI is InChI=1S/C13H12N4O3/c1-19-11-4-3-9(6-14)5-10(11)7-17-8-15-12(16-17)13(18)20-2/h3-5,8H,7H2,1-2H3. The monoisotopic (exact) mass is 272 g/mol. The van der Waals surface area contributed by atoms with Crippen molar-refractivity contribution in [2.24, 2.45) is 0 Å². The molecule has 2 aromatic rings. The Morgan fingerprint density at radius 1 is 1.45 bits per heavy atom. The van der Waals surface area contributed by atoms with E-state index in [9.17, 15) is 4.79 Å². The maximum Gasteiger partial charge on any atom is 0.377 e. The minimum atomic E-state index is -0.596. The normalized spacial score (nSPS) is 9.85. The highest BCUT2D eigenvalue weighted by Gasteiger charge is 2.12. The molecule has 0 saturated heterocycles. The lowest BCUT2D eigenvalue weighted by molar-refractivity contribution is 0.0586. The fourth-order valence-electron chi connectivity index (χ4n) is 1.70. The number of nitrogens with zero attached hydrogens (tertiary/aromatic N) is 4. The highest BCUT2D eigenvalue weighted by atomic mass is 16.5. The molecule has 0 saturated carbocycles. The van der Waals surface area contributed by atoms with Gasteiger partial charge in [-0.15, -0.1) is 5.10 Å². The van der Waals surface area contributed by atoms with Crippen LogP contribution >= 0.6 is 0 Å². The van der Waals surface area contributed by atoms with Gasteiger partial charge < -0.3 is 9.47 Å². The van der Waals surface area contributed by atoms with E-state index in [1.165, 1.54) is 18.1 Å². The van der Waals surface area contributed by atoms with Crippen LogP contribution in [-0.4, -0.2) is 35.0 Å². The molecule has 1 aromatic carbocycles. The van der Waals surface area contributed by atoms with Gasteiger partial charge in [-0.3, -0.25) is 0 Å². The number of carbonyl (C=O) groups is 1. The van der Waals surface area contributed by atoms with Gasteiger partial charge in [0.05, 0.1) is 32.4 Å². The minimum absolute atomic E-state index is 0.0112. The minimum Gasteiger partial charge on any atom is -0.496 e. The molecule has 20 heavy (non-hydrogen) atoms. The van der Waals surface area contributed by atoms with Crippen molar-refractivity contribution in [1.29, 1.82) is 5.26 Å². The zero-order chi connectivity index (χ0) is 14.5. The number of methoxy groups -OCH3 is 2. The van der Waals surface area contributed by atoms with Gasteiger partial charge in [0.2, 0.25) is 0 Å². The van der Waals surface area contributed by atoms with Crippen LogP contribution in [0.4, 0.5) is 0 Å². The number of esters is 1. The number of aromatic nitrogens is 3. The first-order chi connectivity index (χ1) is 9.67. The maximum atomic E-state index is 11.3. The molecular weight excluding hydrogens is 260 g/mol. The van der Waals surface area contributed by atoms with Crippen LogP contribution in [0.2, 0.25) is 0 Å². The van der Waals surface area contributed by atoms with Crippen molar-refractivity contribution in [3.05, 3.63) is 41.5 Å². The highest BCUT2D eigenvalue weighted by molar-refractivity contribution is 5.84. The smallest absolute Gasteiger partial charge is 0.377 e. The third-order valence-corrected chi connectivity index (χ3v) is 2.65. The molecular formula is C13H12N4O3. The molecule has 102 valence electrons. The molecule has 7 heteroatoms. The van der Waals surface area contributed by atoms with Crippen LogP contribution in [0.3, 0.4) is 0 Å². The van der Waals surface area contributed by atoms with E-state index >= 15 is 0 Å². The van der Waals surface area contributed by atoms with Crippen LogP contribution in [0, 0.1) is 11.3 Å². The quantitative estimate of drug-likeness (QED) is 0.771. The van der Waals surface area contributed by atoms with Crippen LogP contribution in [0.25, 0.3) is 0 Å². The second-order valence-corrected chi connectivity index (χ2v) is 3.90. The Balaban J connectivity index is 2.27. The Bertz CT molecular complexity index is 672. The van der Waals surface area contributed by atoms with E-state index in [-0.39, 0.29) is 5.82 Å². The summed E-state index contributed by atoms with van der Waals surface area (Å²) in [6, 6.07) is 7.15. The van der Waals surface area contributed by atoms with Gasteiger partial charge in [-0.25, -0.2) is 14.5 Å². The molecule has 0 amide bonds. The molecule has 0 N–H and O–H groups in total. The largest absolute Gasteiger partial charge is 0.496 e. The summed E-state index contributed by atoms with van der Waals surface area (Å²) in [5, 5.41) is 12.9. The number of benzene rings is 1. The van der Waals surface area contributed by atoms with Crippen LogP contribution in [0.5, 0.6) is 5.75 Å². The van der Waals surface area contributed by atoms with Crippen molar-refractivity contribution in [1.82, 2.24) is 14.8 Å². The van der Waals surface area contributed by atoms with E-state index < -0.39 is 5.97 Å². The van der Waals surface area contributed by atoms with E-state index in [0.29, 0.717) is 17.9 Å². The predicted octanol–water partition coefficient (Wildman–Crippen LogP) is 0.993. The number of rotatable bonds is 4. The SMILES string of the molecule is COC(=O)c1ncn(Cc2cc(C#N)ccc2OC)n1. The molecule has 1 heterocycles. The summed E-state index contributed by atoms with van der Waals surface area (Å²) in [4.78, 5) is 15.1. The van der Waals surface area contributed by atoms with Crippen molar-refractivity contribution in [2.75, 3.05) is 14.2 Å². The topological polar surface area (TPSA) is 90.0 Å². The number of ether oxygens (including phenoxy) is 2. The third kappa shape index (κ3) is 2.75. The first-order valence-corrected chi connectivity index (χ1v) is 5.72. The van der Waals surface area contributed by atoms with Crippen molar-refractivity contribution in [3.8, 4) is 11.8 Å². The van der Waals surface area contributed by atoms with E-state index in [4.69, 9.17) is 10.00 Å².